The lowest BCUT2D eigenvalue weighted by molar-refractivity contribution is -0.137. The normalized spacial score (nSPS) is 15.2. The molecule has 1 amide bonds. The molecular formula is C19H18F3N5O. The maximum absolute atomic E-state index is 13.1. The molecule has 1 aromatic carbocycles. The number of benzene rings is 1. The summed E-state index contributed by atoms with van der Waals surface area (Å²) in [7, 11) is 0. The van der Waals surface area contributed by atoms with Crippen LogP contribution in [-0.2, 0) is 11.0 Å². The van der Waals surface area contributed by atoms with Gasteiger partial charge >= 0.3 is 6.18 Å². The van der Waals surface area contributed by atoms with E-state index in [0.717, 1.165) is 11.6 Å². The topological polar surface area (TPSA) is 81.9 Å². The summed E-state index contributed by atoms with van der Waals surface area (Å²) < 4.78 is 39.4. The van der Waals surface area contributed by atoms with Crippen molar-refractivity contribution in [2.24, 2.45) is 5.92 Å². The molecule has 2 heterocycles. The van der Waals surface area contributed by atoms with Crippen LogP contribution in [0.3, 0.4) is 0 Å². The van der Waals surface area contributed by atoms with Gasteiger partial charge in [0.05, 0.1) is 17.2 Å². The average molecular weight is 389 g/mol. The van der Waals surface area contributed by atoms with Crippen LogP contribution in [0.15, 0.2) is 30.6 Å². The van der Waals surface area contributed by atoms with E-state index >= 15 is 0 Å². The molecule has 1 aromatic heterocycles. The third-order valence-corrected chi connectivity index (χ3v) is 4.68. The lowest BCUT2D eigenvalue weighted by Crippen LogP contribution is -2.38. The maximum Gasteiger partial charge on any atom is 0.417 e. The molecule has 0 aliphatic carbocycles. The van der Waals surface area contributed by atoms with Crippen molar-refractivity contribution in [2.75, 3.05) is 23.3 Å². The molecule has 1 fully saturated rings. The van der Waals surface area contributed by atoms with Crippen molar-refractivity contribution < 1.29 is 18.0 Å². The number of nitriles is 1. The van der Waals surface area contributed by atoms with Crippen molar-refractivity contribution in [3.05, 3.63) is 47.3 Å². The first-order valence-corrected chi connectivity index (χ1v) is 8.73. The molecule has 1 aliphatic rings. The second-order valence-electron chi connectivity index (χ2n) is 6.67. The quantitative estimate of drug-likeness (QED) is 0.869. The first-order chi connectivity index (χ1) is 13.3. The van der Waals surface area contributed by atoms with E-state index in [1.54, 1.807) is 23.4 Å². The molecule has 0 spiro atoms. The van der Waals surface area contributed by atoms with Crippen molar-refractivity contribution in [1.29, 1.82) is 5.26 Å². The number of halogens is 3. The van der Waals surface area contributed by atoms with Crippen LogP contribution in [0, 0.1) is 24.2 Å². The molecular weight excluding hydrogens is 371 g/mol. The van der Waals surface area contributed by atoms with Crippen LogP contribution in [0.4, 0.5) is 24.8 Å². The van der Waals surface area contributed by atoms with Crippen LogP contribution in [0.25, 0.3) is 0 Å². The van der Waals surface area contributed by atoms with E-state index in [9.17, 15) is 18.0 Å². The first kappa shape index (κ1) is 19.6. The number of hydrogen-bond donors (Lipinski definition) is 1. The highest BCUT2D eigenvalue weighted by atomic mass is 19.4. The van der Waals surface area contributed by atoms with Crippen molar-refractivity contribution in [1.82, 2.24) is 9.97 Å². The molecule has 2 aromatic rings. The summed E-state index contributed by atoms with van der Waals surface area (Å²) >= 11 is 0. The minimum atomic E-state index is -4.59. The summed E-state index contributed by atoms with van der Waals surface area (Å²) in [5.41, 5.74) is -0.0634. The highest BCUT2D eigenvalue weighted by Crippen LogP contribution is 2.35. The van der Waals surface area contributed by atoms with E-state index in [0.29, 0.717) is 31.6 Å². The van der Waals surface area contributed by atoms with Crippen LogP contribution >= 0.6 is 0 Å². The summed E-state index contributed by atoms with van der Waals surface area (Å²) in [6, 6.07) is 5.27. The standard InChI is InChI=1S/C19H18F3N5O/c1-12-10-24-18(25-11-12)26-17(28)13-4-6-27(7-5-13)15-3-2-14(9-23)16(8-15)19(20,21)22/h2-3,8,10-11,13H,4-7H2,1H3,(H,24,25,26,28). The Hall–Kier alpha value is -3.15. The molecule has 9 heteroatoms. The van der Waals surface area contributed by atoms with Gasteiger partial charge in [-0.05, 0) is 43.5 Å². The van der Waals surface area contributed by atoms with Gasteiger partial charge in [-0.3, -0.25) is 10.1 Å². The number of carbonyl (C=O) groups excluding carboxylic acids is 1. The van der Waals surface area contributed by atoms with Gasteiger partial charge in [-0.25, -0.2) is 9.97 Å². The van der Waals surface area contributed by atoms with E-state index in [1.165, 1.54) is 12.1 Å². The van der Waals surface area contributed by atoms with Gasteiger partial charge in [0.25, 0.3) is 0 Å². The van der Waals surface area contributed by atoms with Gasteiger partial charge in [0.2, 0.25) is 11.9 Å². The number of hydrogen-bond acceptors (Lipinski definition) is 5. The number of rotatable bonds is 3. The van der Waals surface area contributed by atoms with Crippen molar-refractivity contribution in [2.45, 2.75) is 25.9 Å². The Morgan fingerprint density at radius 3 is 2.46 bits per heavy atom. The molecule has 0 radical (unpaired) electrons. The van der Waals surface area contributed by atoms with Crippen LogP contribution in [0.5, 0.6) is 0 Å². The van der Waals surface area contributed by atoms with E-state index in [-0.39, 0.29) is 17.8 Å². The number of amides is 1. The minimum absolute atomic E-state index is 0.195. The van der Waals surface area contributed by atoms with Gasteiger partial charge in [-0.1, -0.05) is 0 Å². The van der Waals surface area contributed by atoms with Gasteiger partial charge in [0.1, 0.15) is 0 Å². The summed E-state index contributed by atoms with van der Waals surface area (Å²) in [4.78, 5) is 22.2. The fraction of sp³-hybridized carbons (Fsp3) is 0.368. The highest BCUT2D eigenvalue weighted by Gasteiger charge is 2.34. The van der Waals surface area contributed by atoms with E-state index < -0.39 is 17.3 Å². The Morgan fingerprint density at radius 1 is 1.25 bits per heavy atom. The Labute approximate surface area is 160 Å². The third kappa shape index (κ3) is 4.39. The molecule has 1 N–H and O–H groups in total. The van der Waals surface area contributed by atoms with E-state index in [2.05, 4.69) is 15.3 Å². The van der Waals surface area contributed by atoms with Crippen molar-refractivity contribution in [3.8, 4) is 6.07 Å². The summed E-state index contributed by atoms with van der Waals surface area (Å²) in [5.74, 6) is -0.221. The summed E-state index contributed by atoms with van der Waals surface area (Å²) in [6.07, 6.45) is -0.381. The predicted octanol–water partition coefficient (Wildman–Crippen LogP) is 3.53. The molecule has 0 bridgehead atoms. The van der Waals surface area contributed by atoms with Crippen LogP contribution in [0.2, 0.25) is 0 Å². The molecule has 1 saturated heterocycles. The SMILES string of the molecule is Cc1cnc(NC(=O)C2CCN(c3ccc(C#N)c(C(F)(F)F)c3)CC2)nc1. The molecule has 0 saturated carbocycles. The van der Waals surface area contributed by atoms with Crippen LogP contribution in [-0.4, -0.2) is 29.0 Å². The highest BCUT2D eigenvalue weighted by molar-refractivity contribution is 5.91. The van der Waals surface area contributed by atoms with Crippen LogP contribution in [0.1, 0.15) is 29.5 Å². The van der Waals surface area contributed by atoms with Gasteiger partial charge < -0.3 is 4.90 Å². The monoisotopic (exact) mass is 389 g/mol. The zero-order valence-electron chi connectivity index (χ0n) is 15.1. The number of nitrogens with zero attached hydrogens (tertiary/aromatic N) is 4. The smallest absolute Gasteiger partial charge is 0.371 e. The van der Waals surface area contributed by atoms with Crippen molar-refractivity contribution in [3.63, 3.8) is 0 Å². The van der Waals surface area contributed by atoms with Gasteiger partial charge in [0.15, 0.2) is 0 Å². The Bertz CT molecular complexity index is 897. The largest absolute Gasteiger partial charge is 0.417 e. The summed E-state index contributed by atoms with van der Waals surface area (Å²) in [6.45, 7) is 2.72. The maximum atomic E-state index is 13.1. The Morgan fingerprint density at radius 2 is 1.89 bits per heavy atom. The molecule has 6 nitrogen and oxygen atoms in total. The first-order valence-electron chi connectivity index (χ1n) is 8.73. The second-order valence-corrected chi connectivity index (χ2v) is 6.67. The molecule has 146 valence electrons. The van der Waals surface area contributed by atoms with Crippen LogP contribution < -0.4 is 10.2 Å². The number of piperidine rings is 1. The molecule has 0 unspecified atom stereocenters. The number of anilines is 2. The summed E-state index contributed by atoms with van der Waals surface area (Å²) in [5, 5.41) is 11.6. The predicted molar refractivity (Wildman–Crippen MR) is 96.5 cm³/mol. The lowest BCUT2D eigenvalue weighted by atomic mass is 9.95. The van der Waals surface area contributed by atoms with Gasteiger partial charge in [0, 0.05) is 37.1 Å². The third-order valence-electron chi connectivity index (χ3n) is 4.68. The molecule has 3 rings (SSSR count). The van der Waals surface area contributed by atoms with Gasteiger partial charge in [-0.2, -0.15) is 18.4 Å². The van der Waals surface area contributed by atoms with Gasteiger partial charge in [-0.15, -0.1) is 0 Å². The number of aromatic nitrogens is 2. The number of aryl methyl sites for hydroxylation is 1. The van der Waals surface area contributed by atoms with E-state index in [1.807, 2.05) is 6.92 Å². The lowest BCUT2D eigenvalue weighted by Gasteiger charge is -2.33. The minimum Gasteiger partial charge on any atom is -0.371 e. The fourth-order valence-electron chi connectivity index (χ4n) is 3.13. The Balaban J connectivity index is 1.64. The molecule has 1 aliphatic heterocycles. The van der Waals surface area contributed by atoms with Crippen molar-refractivity contribution >= 4 is 17.5 Å². The Kier molecular flexibility index (Phi) is 5.49. The zero-order valence-corrected chi connectivity index (χ0v) is 15.1. The zero-order chi connectivity index (χ0) is 20.3. The molecule has 28 heavy (non-hydrogen) atoms. The number of nitrogens with one attached hydrogen (secondary N) is 1. The molecule has 0 atom stereocenters. The average Bonchev–Trinajstić information content (AvgIpc) is 2.68. The second kappa shape index (κ2) is 7.84. The fourth-order valence-corrected chi connectivity index (χ4v) is 3.13. The van der Waals surface area contributed by atoms with E-state index in [4.69, 9.17) is 5.26 Å². The number of alkyl halides is 3. The number of carbonyl (C=O) groups is 1.